The lowest BCUT2D eigenvalue weighted by Gasteiger charge is -2.22. The molecule has 9 heteroatoms. The number of fused-ring (bicyclic) bond motifs is 1. The number of carbonyl (C=O) groups excluding carboxylic acids is 1. The SMILES string of the molecule is C[C@H]1Cc2ccccc2N1C(=O)CSc1nc(-c2cccs2)cc(C(F)(F)F)n1. The number of para-hydroxylation sites is 1. The summed E-state index contributed by atoms with van der Waals surface area (Å²) in [4.78, 5) is 23.0. The Hall–Kier alpha value is -2.39. The molecule has 0 radical (unpaired) electrons. The minimum absolute atomic E-state index is 0.00427. The summed E-state index contributed by atoms with van der Waals surface area (Å²) in [6, 6.07) is 12.1. The number of benzene rings is 1. The third-order valence-corrected chi connectivity index (χ3v) is 6.29. The highest BCUT2D eigenvalue weighted by Crippen LogP contribution is 2.35. The van der Waals surface area contributed by atoms with Crippen molar-refractivity contribution in [2.24, 2.45) is 0 Å². The van der Waals surface area contributed by atoms with Crippen LogP contribution in [0.4, 0.5) is 18.9 Å². The highest BCUT2D eigenvalue weighted by atomic mass is 32.2. The van der Waals surface area contributed by atoms with Crippen LogP contribution in [0.2, 0.25) is 0 Å². The van der Waals surface area contributed by atoms with Gasteiger partial charge in [-0.3, -0.25) is 4.79 Å². The molecule has 29 heavy (non-hydrogen) atoms. The van der Waals surface area contributed by atoms with Crippen molar-refractivity contribution in [1.29, 1.82) is 0 Å². The van der Waals surface area contributed by atoms with E-state index >= 15 is 0 Å². The lowest BCUT2D eigenvalue weighted by atomic mass is 10.1. The van der Waals surface area contributed by atoms with Gasteiger partial charge < -0.3 is 4.90 Å². The second-order valence-corrected chi connectivity index (χ2v) is 8.52. The highest BCUT2D eigenvalue weighted by molar-refractivity contribution is 7.99. The van der Waals surface area contributed by atoms with E-state index in [1.807, 2.05) is 31.2 Å². The Kier molecular flexibility index (Phi) is 5.35. The van der Waals surface area contributed by atoms with E-state index in [0.29, 0.717) is 4.88 Å². The molecule has 0 unspecified atom stereocenters. The minimum atomic E-state index is -4.59. The van der Waals surface area contributed by atoms with Gasteiger partial charge in [-0.25, -0.2) is 9.97 Å². The van der Waals surface area contributed by atoms with Gasteiger partial charge in [-0.1, -0.05) is 36.0 Å². The first-order valence-corrected chi connectivity index (χ1v) is 10.7. The van der Waals surface area contributed by atoms with Gasteiger partial charge in [0, 0.05) is 11.7 Å². The summed E-state index contributed by atoms with van der Waals surface area (Å²) in [6.07, 6.45) is -3.83. The topological polar surface area (TPSA) is 46.1 Å². The van der Waals surface area contributed by atoms with Crippen molar-refractivity contribution < 1.29 is 18.0 Å². The fourth-order valence-corrected chi connectivity index (χ4v) is 4.73. The molecule has 0 aliphatic carbocycles. The van der Waals surface area contributed by atoms with Crippen LogP contribution in [0, 0.1) is 0 Å². The predicted octanol–water partition coefficient (Wildman–Crippen LogP) is 5.29. The van der Waals surface area contributed by atoms with Crippen LogP contribution < -0.4 is 4.90 Å². The van der Waals surface area contributed by atoms with E-state index in [9.17, 15) is 18.0 Å². The van der Waals surface area contributed by atoms with E-state index in [-0.39, 0.29) is 28.6 Å². The molecule has 4 rings (SSSR count). The van der Waals surface area contributed by atoms with Crippen LogP contribution in [-0.4, -0.2) is 27.7 Å². The van der Waals surface area contributed by atoms with E-state index < -0.39 is 11.9 Å². The standard InChI is InChI=1S/C20H16F3N3OS2/c1-12-9-13-5-2-3-6-15(13)26(12)18(27)11-29-19-24-14(16-7-4-8-28-16)10-17(25-19)20(21,22)23/h2-8,10,12H,9,11H2,1H3/t12-/m0/s1. The molecule has 0 bridgehead atoms. The van der Waals surface area contributed by atoms with E-state index in [1.54, 1.807) is 22.4 Å². The minimum Gasteiger partial charge on any atom is -0.308 e. The second-order valence-electron chi connectivity index (χ2n) is 6.63. The summed E-state index contributed by atoms with van der Waals surface area (Å²) >= 11 is 2.22. The molecule has 0 N–H and O–H groups in total. The average molecular weight is 435 g/mol. The second kappa shape index (κ2) is 7.79. The van der Waals surface area contributed by atoms with Crippen molar-refractivity contribution in [3.05, 3.63) is 59.1 Å². The first-order valence-electron chi connectivity index (χ1n) is 8.86. The zero-order chi connectivity index (χ0) is 20.6. The van der Waals surface area contributed by atoms with Crippen molar-refractivity contribution in [2.75, 3.05) is 10.7 Å². The number of thiophene rings is 1. The van der Waals surface area contributed by atoms with Gasteiger partial charge in [-0.15, -0.1) is 11.3 Å². The largest absolute Gasteiger partial charge is 0.433 e. The normalized spacial score (nSPS) is 16.1. The maximum atomic E-state index is 13.3. The van der Waals surface area contributed by atoms with E-state index in [4.69, 9.17) is 0 Å². The van der Waals surface area contributed by atoms with E-state index in [1.165, 1.54) is 11.3 Å². The molecule has 150 valence electrons. The molecule has 0 saturated heterocycles. The summed E-state index contributed by atoms with van der Waals surface area (Å²) in [5.74, 6) is -0.213. The molecule has 0 fully saturated rings. The molecular formula is C20H16F3N3OS2. The average Bonchev–Trinajstić information content (AvgIpc) is 3.32. The van der Waals surface area contributed by atoms with Crippen LogP contribution in [-0.2, 0) is 17.4 Å². The zero-order valence-electron chi connectivity index (χ0n) is 15.3. The Bertz CT molecular complexity index is 1040. The number of amides is 1. The molecule has 3 heterocycles. The van der Waals surface area contributed by atoms with Crippen molar-refractivity contribution >= 4 is 34.7 Å². The predicted molar refractivity (Wildman–Crippen MR) is 108 cm³/mol. The number of rotatable bonds is 4. The number of aromatic nitrogens is 2. The number of alkyl halides is 3. The Balaban J connectivity index is 1.57. The third kappa shape index (κ3) is 4.16. The van der Waals surface area contributed by atoms with Crippen molar-refractivity contribution in [3.8, 4) is 10.6 Å². The van der Waals surface area contributed by atoms with Crippen molar-refractivity contribution in [1.82, 2.24) is 9.97 Å². The summed E-state index contributed by atoms with van der Waals surface area (Å²) in [5, 5.41) is 1.71. The molecule has 3 aromatic rings. The molecule has 1 aliphatic heterocycles. The van der Waals surface area contributed by atoms with Crippen LogP contribution in [0.5, 0.6) is 0 Å². The molecule has 2 aromatic heterocycles. The summed E-state index contributed by atoms with van der Waals surface area (Å²) in [5.41, 5.74) is 1.14. The van der Waals surface area contributed by atoms with Crippen LogP contribution in [0.25, 0.3) is 10.6 Å². The molecule has 4 nitrogen and oxygen atoms in total. The first-order chi connectivity index (χ1) is 13.8. The molecule has 1 aromatic carbocycles. The number of thioether (sulfide) groups is 1. The maximum Gasteiger partial charge on any atom is 0.433 e. The smallest absolute Gasteiger partial charge is 0.308 e. The fraction of sp³-hybridized carbons (Fsp3) is 0.250. The summed E-state index contributed by atoms with van der Waals surface area (Å²) in [6.45, 7) is 1.96. The maximum absolute atomic E-state index is 13.3. The lowest BCUT2D eigenvalue weighted by molar-refractivity contribution is -0.141. The van der Waals surface area contributed by atoms with Gasteiger partial charge in [0.05, 0.1) is 16.3 Å². The summed E-state index contributed by atoms with van der Waals surface area (Å²) in [7, 11) is 0. The van der Waals surface area contributed by atoms with E-state index in [0.717, 1.165) is 35.5 Å². The first kappa shape index (κ1) is 19.9. The Labute approximate surface area is 173 Å². The molecule has 1 atom stereocenters. The number of hydrogen-bond acceptors (Lipinski definition) is 5. The Morgan fingerprint density at radius 3 is 2.76 bits per heavy atom. The van der Waals surface area contributed by atoms with Gasteiger partial charge in [0.15, 0.2) is 5.16 Å². The van der Waals surface area contributed by atoms with Crippen molar-refractivity contribution in [2.45, 2.75) is 30.7 Å². The number of carbonyl (C=O) groups is 1. The number of anilines is 1. The van der Waals surface area contributed by atoms with Gasteiger partial charge in [-0.2, -0.15) is 13.2 Å². The third-order valence-electron chi connectivity index (χ3n) is 4.57. The van der Waals surface area contributed by atoms with Crippen LogP contribution in [0.3, 0.4) is 0 Å². The lowest BCUT2D eigenvalue weighted by Crippen LogP contribution is -2.37. The molecule has 1 aliphatic rings. The zero-order valence-corrected chi connectivity index (χ0v) is 16.9. The van der Waals surface area contributed by atoms with E-state index in [2.05, 4.69) is 9.97 Å². The quantitative estimate of drug-likeness (QED) is 0.412. The number of halogens is 3. The Morgan fingerprint density at radius 1 is 1.24 bits per heavy atom. The van der Waals surface area contributed by atoms with Gasteiger partial charge in [0.25, 0.3) is 0 Å². The van der Waals surface area contributed by atoms with Gasteiger partial charge in [0.2, 0.25) is 5.91 Å². The number of hydrogen-bond donors (Lipinski definition) is 0. The monoisotopic (exact) mass is 435 g/mol. The number of nitrogens with zero attached hydrogens (tertiary/aromatic N) is 3. The molecule has 0 spiro atoms. The van der Waals surface area contributed by atoms with Crippen LogP contribution >= 0.6 is 23.1 Å². The van der Waals surface area contributed by atoms with Gasteiger partial charge in [-0.05, 0) is 42.5 Å². The van der Waals surface area contributed by atoms with Gasteiger partial charge >= 0.3 is 6.18 Å². The van der Waals surface area contributed by atoms with Crippen molar-refractivity contribution in [3.63, 3.8) is 0 Å². The van der Waals surface area contributed by atoms with Crippen LogP contribution in [0.15, 0.2) is 53.0 Å². The molecule has 1 amide bonds. The fourth-order valence-electron chi connectivity index (χ4n) is 3.33. The molecule has 0 saturated carbocycles. The Morgan fingerprint density at radius 2 is 2.03 bits per heavy atom. The highest BCUT2D eigenvalue weighted by Gasteiger charge is 2.34. The molecular weight excluding hydrogens is 419 g/mol. The summed E-state index contributed by atoms with van der Waals surface area (Å²) < 4.78 is 39.8. The van der Waals surface area contributed by atoms with Gasteiger partial charge in [0.1, 0.15) is 5.69 Å². The van der Waals surface area contributed by atoms with Crippen LogP contribution in [0.1, 0.15) is 18.2 Å².